The zero-order valence-electron chi connectivity index (χ0n) is 9.92. The minimum atomic E-state index is -0.439. The van der Waals surface area contributed by atoms with Crippen molar-refractivity contribution in [3.05, 3.63) is 35.9 Å². The van der Waals surface area contributed by atoms with Crippen molar-refractivity contribution in [3.63, 3.8) is 0 Å². The van der Waals surface area contributed by atoms with Gasteiger partial charge in [0.15, 0.2) is 0 Å². The Balaban J connectivity index is 2.54. The van der Waals surface area contributed by atoms with Gasteiger partial charge < -0.3 is 10.6 Å². The maximum atomic E-state index is 10.9. The zero-order valence-corrected chi connectivity index (χ0v) is 9.92. The molecule has 2 N–H and O–H groups in total. The number of hydrogen-bond donors (Lipinski definition) is 1. The van der Waals surface area contributed by atoms with E-state index in [1.54, 1.807) is 18.0 Å². The smallest absolute Gasteiger partial charge is 0.236 e. The van der Waals surface area contributed by atoms with E-state index < -0.39 is 5.91 Å². The summed E-state index contributed by atoms with van der Waals surface area (Å²) in [5, 5.41) is 9.94. The molecular weight excluding hydrogens is 228 g/mol. The fourth-order valence-electron chi connectivity index (χ4n) is 1.76. The Hall–Kier alpha value is -2.61. The molecule has 18 heavy (non-hydrogen) atoms. The standard InChI is InChI=1S/C13H12N4O/c1-17(8-12(15)18)13-6-9(7-14)10-4-2-3-5-11(10)16-13/h2-6H,8H2,1H3,(H2,15,18). The monoisotopic (exact) mass is 240 g/mol. The van der Waals surface area contributed by atoms with Crippen molar-refractivity contribution in [2.45, 2.75) is 0 Å². The molecule has 5 heteroatoms. The Bertz CT molecular complexity index is 645. The average Bonchev–Trinajstić information content (AvgIpc) is 2.36. The molecule has 0 radical (unpaired) electrons. The number of nitrogens with two attached hydrogens (primary N) is 1. The lowest BCUT2D eigenvalue weighted by Gasteiger charge is -2.17. The average molecular weight is 240 g/mol. The minimum Gasteiger partial charge on any atom is -0.368 e. The summed E-state index contributed by atoms with van der Waals surface area (Å²) in [7, 11) is 1.71. The summed E-state index contributed by atoms with van der Waals surface area (Å²) >= 11 is 0. The van der Waals surface area contributed by atoms with E-state index in [1.165, 1.54) is 0 Å². The second-order valence-electron chi connectivity index (χ2n) is 3.98. The number of carbonyl (C=O) groups excluding carboxylic acids is 1. The van der Waals surface area contributed by atoms with Gasteiger partial charge in [0.2, 0.25) is 5.91 Å². The van der Waals surface area contributed by atoms with Crippen LogP contribution in [-0.4, -0.2) is 24.5 Å². The van der Waals surface area contributed by atoms with Crippen molar-refractivity contribution in [3.8, 4) is 6.07 Å². The number of rotatable bonds is 3. The topological polar surface area (TPSA) is 83.0 Å². The number of para-hydroxylation sites is 1. The number of likely N-dealkylation sites (N-methyl/N-ethyl adjacent to an activating group) is 1. The van der Waals surface area contributed by atoms with Crippen LogP contribution in [0.5, 0.6) is 0 Å². The predicted octanol–water partition coefficient (Wildman–Crippen LogP) is 1.03. The lowest BCUT2D eigenvalue weighted by molar-refractivity contribution is -0.116. The summed E-state index contributed by atoms with van der Waals surface area (Å²) in [5.41, 5.74) is 6.40. The van der Waals surface area contributed by atoms with E-state index in [4.69, 9.17) is 11.0 Å². The number of primary amides is 1. The SMILES string of the molecule is CN(CC(N)=O)c1cc(C#N)c2ccccc2n1. The highest BCUT2D eigenvalue weighted by atomic mass is 16.1. The number of nitriles is 1. The summed E-state index contributed by atoms with van der Waals surface area (Å²) in [5.74, 6) is 0.120. The van der Waals surface area contributed by atoms with Gasteiger partial charge in [-0.2, -0.15) is 5.26 Å². The third kappa shape index (κ3) is 2.23. The maximum absolute atomic E-state index is 10.9. The number of carbonyl (C=O) groups is 1. The molecule has 0 bridgehead atoms. The molecule has 0 unspecified atom stereocenters. The van der Waals surface area contributed by atoms with Crippen LogP contribution in [0.2, 0.25) is 0 Å². The fourth-order valence-corrected chi connectivity index (χ4v) is 1.76. The second kappa shape index (κ2) is 4.72. The van der Waals surface area contributed by atoms with E-state index in [9.17, 15) is 4.79 Å². The van der Waals surface area contributed by atoms with Gasteiger partial charge in [0.1, 0.15) is 5.82 Å². The van der Waals surface area contributed by atoms with Crippen LogP contribution in [0.15, 0.2) is 30.3 Å². The maximum Gasteiger partial charge on any atom is 0.236 e. The van der Waals surface area contributed by atoms with Crippen LogP contribution in [0, 0.1) is 11.3 Å². The minimum absolute atomic E-state index is 0.0657. The van der Waals surface area contributed by atoms with Crippen molar-refractivity contribution >= 4 is 22.6 Å². The molecule has 90 valence electrons. The molecule has 0 fully saturated rings. The Morgan fingerprint density at radius 3 is 2.89 bits per heavy atom. The van der Waals surface area contributed by atoms with E-state index in [2.05, 4.69) is 11.1 Å². The van der Waals surface area contributed by atoms with Crippen molar-refractivity contribution in [1.29, 1.82) is 5.26 Å². The molecule has 5 nitrogen and oxygen atoms in total. The van der Waals surface area contributed by atoms with Gasteiger partial charge in [-0.25, -0.2) is 4.98 Å². The molecule has 0 aliphatic rings. The van der Waals surface area contributed by atoms with Gasteiger partial charge in [-0.05, 0) is 12.1 Å². The number of anilines is 1. The molecule has 2 aromatic rings. The molecule has 0 saturated heterocycles. The summed E-state index contributed by atoms with van der Waals surface area (Å²) in [6, 6.07) is 11.2. The predicted molar refractivity (Wildman–Crippen MR) is 68.9 cm³/mol. The first-order valence-corrected chi connectivity index (χ1v) is 5.41. The quantitative estimate of drug-likeness (QED) is 0.868. The second-order valence-corrected chi connectivity index (χ2v) is 3.98. The number of amides is 1. The van der Waals surface area contributed by atoms with E-state index in [1.807, 2.05) is 24.3 Å². The first-order chi connectivity index (χ1) is 8.61. The molecule has 2 rings (SSSR count). The van der Waals surface area contributed by atoms with E-state index in [0.717, 1.165) is 10.9 Å². The first kappa shape index (κ1) is 11.9. The Morgan fingerprint density at radius 1 is 1.50 bits per heavy atom. The normalized spacial score (nSPS) is 10.0. The van der Waals surface area contributed by atoms with Crippen LogP contribution in [0.25, 0.3) is 10.9 Å². The lowest BCUT2D eigenvalue weighted by atomic mass is 10.1. The largest absolute Gasteiger partial charge is 0.368 e. The molecule has 1 aromatic heterocycles. The van der Waals surface area contributed by atoms with E-state index >= 15 is 0 Å². The molecule has 0 aliphatic carbocycles. The van der Waals surface area contributed by atoms with Gasteiger partial charge in [-0.15, -0.1) is 0 Å². The highest BCUT2D eigenvalue weighted by Gasteiger charge is 2.10. The van der Waals surface area contributed by atoms with Gasteiger partial charge in [-0.1, -0.05) is 18.2 Å². The van der Waals surface area contributed by atoms with Crippen molar-refractivity contribution in [2.24, 2.45) is 5.73 Å². The number of hydrogen-bond acceptors (Lipinski definition) is 4. The van der Waals surface area contributed by atoms with Crippen LogP contribution >= 0.6 is 0 Å². The van der Waals surface area contributed by atoms with Gasteiger partial charge in [0.25, 0.3) is 0 Å². The molecule has 0 saturated carbocycles. The highest BCUT2D eigenvalue weighted by Crippen LogP contribution is 2.21. The lowest BCUT2D eigenvalue weighted by Crippen LogP contribution is -2.31. The number of fused-ring (bicyclic) bond motifs is 1. The van der Waals surface area contributed by atoms with Gasteiger partial charge in [0.05, 0.1) is 23.7 Å². The third-order valence-corrected chi connectivity index (χ3v) is 2.61. The molecule has 0 aliphatic heterocycles. The molecule has 0 atom stereocenters. The fraction of sp³-hybridized carbons (Fsp3) is 0.154. The van der Waals surface area contributed by atoms with Gasteiger partial charge in [-0.3, -0.25) is 4.79 Å². The number of aromatic nitrogens is 1. The summed E-state index contributed by atoms with van der Waals surface area (Å²) in [6.07, 6.45) is 0. The summed E-state index contributed by atoms with van der Waals surface area (Å²) in [6.45, 7) is 0.0657. The zero-order chi connectivity index (χ0) is 13.1. The number of pyridine rings is 1. The first-order valence-electron chi connectivity index (χ1n) is 5.41. The Labute approximate surface area is 104 Å². The molecular formula is C13H12N4O. The van der Waals surface area contributed by atoms with Crippen LogP contribution in [0.3, 0.4) is 0 Å². The highest BCUT2D eigenvalue weighted by molar-refractivity contribution is 5.87. The van der Waals surface area contributed by atoms with Gasteiger partial charge >= 0.3 is 0 Å². The molecule has 0 spiro atoms. The van der Waals surface area contributed by atoms with Crippen LogP contribution < -0.4 is 10.6 Å². The molecule has 1 heterocycles. The Kier molecular flexibility index (Phi) is 3.11. The number of nitrogens with zero attached hydrogens (tertiary/aromatic N) is 3. The van der Waals surface area contributed by atoms with E-state index in [-0.39, 0.29) is 6.54 Å². The third-order valence-electron chi connectivity index (χ3n) is 2.61. The van der Waals surface area contributed by atoms with E-state index in [0.29, 0.717) is 11.4 Å². The van der Waals surface area contributed by atoms with Gasteiger partial charge in [0, 0.05) is 12.4 Å². The van der Waals surface area contributed by atoms with Crippen molar-refractivity contribution in [2.75, 3.05) is 18.5 Å². The van der Waals surface area contributed by atoms with Crippen LogP contribution in [0.4, 0.5) is 5.82 Å². The number of benzene rings is 1. The van der Waals surface area contributed by atoms with Crippen LogP contribution in [-0.2, 0) is 4.79 Å². The van der Waals surface area contributed by atoms with Crippen molar-refractivity contribution in [1.82, 2.24) is 4.98 Å². The van der Waals surface area contributed by atoms with Crippen LogP contribution in [0.1, 0.15) is 5.56 Å². The Morgan fingerprint density at radius 2 is 2.22 bits per heavy atom. The molecule has 1 amide bonds. The molecule has 1 aromatic carbocycles. The summed E-state index contributed by atoms with van der Waals surface area (Å²) in [4.78, 5) is 16.9. The summed E-state index contributed by atoms with van der Waals surface area (Å²) < 4.78 is 0. The van der Waals surface area contributed by atoms with Crippen molar-refractivity contribution < 1.29 is 4.79 Å².